The van der Waals surface area contributed by atoms with Gasteiger partial charge in [-0.15, -0.1) is 0 Å². The van der Waals surface area contributed by atoms with Gasteiger partial charge < -0.3 is 10.1 Å². The molecule has 0 aliphatic carbocycles. The molecule has 2 aromatic carbocycles. The van der Waals surface area contributed by atoms with Crippen LogP contribution in [-0.4, -0.2) is 38.8 Å². The van der Waals surface area contributed by atoms with Gasteiger partial charge in [0.2, 0.25) is 0 Å². The fourth-order valence-electron chi connectivity index (χ4n) is 2.75. The number of amidine groups is 1. The molecule has 0 bridgehead atoms. The van der Waals surface area contributed by atoms with Gasteiger partial charge >= 0.3 is 5.97 Å². The van der Waals surface area contributed by atoms with E-state index in [1.807, 2.05) is 30.3 Å². The molecule has 3 rings (SSSR count). The van der Waals surface area contributed by atoms with E-state index in [9.17, 15) is 18.0 Å². The van der Waals surface area contributed by atoms with E-state index in [0.717, 1.165) is 5.56 Å². The number of aliphatic imine (C=N–C) groups is 1. The number of hydrogen-bond donors (Lipinski definition) is 2. The summed E-state index contributed by atoms with van der Waals surface area (Å²) in [6.45, 7) is 1.86. The zero-order valence-corrected chi connectivity index (χ0v) is 16.6. The first kappa shape index (κ1) is 20.5. The van der Waals surface area contributed by atoms with Crippen LogP contribution in [0.4, 0.5) is 0 Å². The minimum absolute atomic E-state index is 0.0311. The fraction of sp³-hybridized carbons (Fsp3) is 0.250. The number of rotatable bonds is 7. The van der Waals surface area contributed by atoms with Gasteiger partial charge in [-0.3, -0.25) is 19.3 Å². The zero-order valence-electron chi connectivity index (χ0n) is 15.8. The SMILES string of the molecule is C[C@H](OC(=O)CCN=C1NS(=O)(=O)c2ccccc21)C(=O)NCc1ccccc1. The van der Waals surface area contributed by atoms with Crippen LogP contribution in [0.1, 0.15) is 24.5 Å². The minimum Gasteiger partial charge on any atom is -0.452 e. The average molecular weight is 415 g/mol. The van der Waals surface area contributed by atoms with Crippen LogP contribution in [-0.2, 0) is 30.9 Å². The number of carbonyl (C=O) groups excluding carboxylic acids is 2. The molecule has 0 saturated heterocycles. The Bertz CT molecular complexity index is 1040. The normalized spacial score (nSPS) is 16.5. The molecule has 1 atom stereocenters. The second kappa shape index (κ2) is 8.87. The maximum atomic E-state index is 12.1. The monoisotopic (exact) mass is 415 g/mol. The van der Waals surface area contributed by atoms with Gasteiger partial charge in [0.15, 0.2) is 6.10 Å². The van der Waals surface area contributed by atoms with Crippen LogP contribution >= 0.6 is 0 Å². The third kappa shape index (κ3) is 5.20. The predicted octanol–water partition coefficient (Wildman–Crippen LogP) is 1.36. The topological polar surface area (TPSA) is 114 Å². The van der Waals surface area contributed by atoms with E-state index in [0.29, 0.717) is 12.1 Å². The minimum atomic E-state index is -3.61. The highest BCUT2D eigenvalue weighted by molar-refractivity contribution is 7.90. The molecule has 152 valence electrons. The smallest absolute Gasteiger partial charge is 0.308 e. The molecular weight excluding hydrogens is 394 g/mol. The highest BCUT2D eigenvalue weighted by Gasteiger charge is 2.30. The summed E-state index contributed by atoms with van der Waals surface area (Å²) in [7, 11) is -3.61. The van der Waals surface area contributed by atoms with Crippen molar-refractivity contribution >= 4 is 27.7 Å². The Morgan fingerprint density at radius 1 is 1.10 bits per heavy atom. The van der Waals surface area contributed by atoms with Gasteiger partial charge in [-0.1, -0.05) is 42.5 Å². The number of nitrogens with zero attached hydrogens (tertiary/aromatic N) is 1. The summed E-state index contributed by atoms with van der Waals surface area (Å²) in [5.41, 5.74) is 1.41. The van der Waals surface area contributed by atoms with Crippen LogP contribution in [0.25, 0.3) is 0 Å². The Labute approximate surface area is 169 Å². The number of hydrogen-bond acceptors (Lipinski definition) is 6. The summed E-state index contributed by atoms with van der Waals surface area (Å²) < 4.78 is 31.5. The molecule has 0 radical (unpaired) electrons. The molecule has 0 saturated carbocycles. The molecule has 29 heavy (non-hydrogen) atoms. The van der Waals surface area contributed by atoms with Gasteiger partial charge in [0.1, 0.15) is 5.84 Å². The number of benzene rings is 2. The third-order valence-corrected chi connectivity index (χ3v) is 5.63. The molecule has 1 amide bonds. The highest BCUT2D eigenvalue weighted by Crippen LogP contribution is 2.22. The lowest BCUT2D eigenvalue weighted by Crippen LogP contribution is -2.35. The van der Waals surface area contributed by atoms with Crippen LogP contribution in [0.15, 0.2) is 64.5 Å². The van der Waals surface area contributed by atoms with Crippen molar-refractivity contribution in [1.29, 1.82) is 0 Å². The molecule has 1 aliphatic heterocycles. The van der Waals surface area contributed by atoms with Crippen molar-refractivity contribution in [2.24, 2.45) is 4.99 Å². The van der Waals surface area contributed by atoms with Crippen LogP contribution < -0.4 is 10.0 Å². The van der Waals surface area contributed by atoms with Crippen molar-refractivity contribution in [3.8, 4) is 0 Å². The summed E-state index contributed by atoms with van der Waals surface area (Å²) in [6.07, 6.45) is -1.02. The van der Waals surface area contributed by atoms with E-state index < -0.39 is 28.0 Å². The quantitative estimate of drug-likeness (QED) is 0.663. The molecule has 0 spiro atoms. The second-order valence-electron chi connectivity index (χ2n) is 6.42. The molecular formula is C20H21N3O5S. The van der Waals surface area contributed by atoms with Gasteiger partial charge in [0, 0.05) is 12.1 Å². The maximum Gasteiger partial charge on any atom is 0.308 e. The molecule has 2 aromatic rings. The molecule has 9 heteroatoms. The van der Waals surface area contributed by atoms with Gasteiger partial charge in [-0.2, -0.15) is 0 Å². The highest BCUT2D eigenvalue weighted by atomic mass is 32.2. The lowest BCUT2D eigenvalue weighted by Gasteiger charge is -2.13. The van der Waals surface area contributed by atoms with E-state index in [4.69, 9.17) is 4.74 Å². The number of esters is 1. The van der Waals surface area contributed by atoms with Crippen LogP contribution in [0.5, 0.6) is 0 Å². The van der Waals surface area contributed by atoms with E-state index in [1.54, 1.807) is 18.2 Å². The zero-order chi connectivity index (χ0) is 20.9. The van der Waals surface area contributed by atoms with Crippen molar-refractivity contribution in [2.45, 2.75) is 30.9 Å². The number of sulfonamides is 1. The molecule has 0 unspecified atom stereocenters. The largest absolute Gasteiger partial charge is 0.452 e. The summed E-state index contributed by atoms with van der Waals surface area (Å²) >= 11 is 0. The molecule has 2 N–H and O–H groups in total. The van der Waals surface area contributed by atoms with E-state index in [2.05, 4.69) is 15.0 Å². The Hall–Kier alpha value is -3.20. The molecule has 0 aromatic heterocycles. The Balaban J connectivity index is 1.47. The maximum absolute atomic E-state index is 12.1. The fourth-order valence-corrected chi connectivity index (χ4v) is 4.00. The van der Waals surface area contributed by atoms with Crippen LogP contribution in [0.2, 0.25) is 0 Å². The summed E-state index contributed by atoms with van der Waals surface area (Å²) in [5, 5.41) is 2.70. The third-order valence-electron chi connectivity index (χ3n) is 4.24. The van der Waals surface area contributed by atoms with E-state index in [-0.39, 0.29) is 23.7 Å². The van der Waals surface area contributed by atoms with Gasteiger partial charge in [-0.05, 0) is 24.6 Å². The first-order valence-electron chi connectivity index (χ1n) is 9.04. The van der Waals surface area contributed by atoms with Crippen molar-refractivity contribution in [3.63, 3.8) is 0 Å². The van der Waals surface area contributed by atoms with Crippen molar-refractivity contribution in [2.75, 3.05) is 6.54 Å². The predicted molar refractivity (Wildman–Crippen MR) is 107 cm³/mol. The molecule has 1 heterocycles. The number of nitrogens with one attached hydrogen (secondary N) is 2. The van der Waals surface area contributed by atoms with Crippen LogP contribution in [0.3, 0.4) is 0 Å². The lowest BCUT2D eigenvalue weighted by molar-refractivity contribution is -0.154. The standard InChI is InChI=1S/C20H21N3O5S/c1-14(20(25)22-13-15-7-3-2-4-8-15)28-18(24)11-12-21-19-16-9-5-6-10-17(16)29(26,27)23-19/h2-10,14H,11-13H2,1H3,(H,21,23)(H,22,25)/t14-/m0/s1. The summed E-state index contributed by atoms with van der Waals surface area (Å²) in [4.78, 5) is 28.3. The van der Waals surface area contributed by atoms with E-state index >= 15 is 0 Å². The average Bonchev–Trinajstić information content (AvgIpc) is 2.97. The number of carbonyl (C=O) groups is 2. The second-order valence-corrected chi connectivity index (χ2v) is 8.07. The van der Waals surface area contributed by atoms with Crippen molar-refractivity contribution < 1.29 is 22.7 Å². The van der Waals surface area contributed by atoms with Crippen molar-refractivity contribution in [3.05, 3.63) is 65.7 Å². The van der Waals surface area contributed by atoms with Crippen molar-refractivity contribution in [1.82, 2.24) is 10.0 Å². The van der Waals surface area contributed by atoms with E-state index in [1.165, 1.54) is 13.0 Å². The van der Waals surface area contributed by atoms with Gasteiger partial charge in [0.25, 0.3) is 15.9 Å². The first-order chi connectivity index (χ1) is 13.9. The Kier molecular flexibility index (Phi) is 6.28. The Morgan fingerprint density at radius 2 is 1.79 bits per heavy atom. The first-order valence-corrected chi connectivity index (χ1v) is 10.5. The van der Waals surface area contributed by atoms with Crippen LogP contribution in [0, 0.1) is 0 Å². The Morgan fingerprint density at radius 3 is 2.55 bits per heavy atom. The van der Waals surface area contributed by atoms with Gasteiger partial charge in [-0.25, -0.2) is 8.42 Å². The summed E-state index contributed by atoms with van der Waals surface area (Å²) in [5.74, 6) is -0.793. The molecule has 8 nitrogen and oxygen atoms in total. The van der Waals surface area contributed by atoms with Gasteiger partial charge in [0.05, 0.1) is 17.9 Å². The number of amides is 1. The molecule has 1 aliphatic rings. The molecule has 0 fully saturated rings. The summed E-state index contributed by atoms with van der Waals surface area (Å²) in [6, 6.07) is 15.9. The lowest BCUT2D eigenvalue weighted by atomic mass is 10.2. The number of ether oxygens (including phenoxy) is 1. The number of fused-ring (bicyclic) bond motifs is 1.